The van der Waals surface area contributed by atoms with Crippen molar-refractivity contribution >= 4 is 11.9 Å². The van der Waals surface area contributed by atoms with Crippen LogP contribution in [0.2, 0.25) is 0 Å². The number of carboxylic acids is 2. The molecule has 3 N–H and O–H groups in total. The number of carbonyl (C=O) groups is 2. The lowest BCUT2D eigenvalue weighted by molar-refractivity contribution is -0.159. The summed E-state index contributed by atoms with van der Waals surface area (Å²) in [5.74, 6) is -3.65. The molecule has 0 aromatic carbocycles. The number of hydrogen-bond donors (Lipinski definition) is 3. The fourth-order valence-corrected chi connectivity index (χ4v) is 2.97. The highest BCUT2D eigenvalue weighted by Gasteiger charge is 2.10. The lowest BCUT2D eigenvalue weighted by Gasteiger charge is -2.27. The molecule has 1 aromatic rings. The van der Waals surface area contributed by atoms with E-state index in [1.165, 1.54) is 37.8 Å². The summed E-state index contributed by atoms with van der Waals surface area (Å²) in [5, 5.41) is 18.4. The predicted molar refractivity (Wildman–Crippen MR) is 107 cm³/mol. The Bertz CT molecular complexity index is 544. The monoisotopic (exact) mass is 397 g/mol. The van der Waals surface area contributed by atoms with Gasteiger partial charge in [-0.2, -0.15) is 0 Å². The normalized spacial score (nSPS) is 14.3. The van der Waals surface area contributed by atoms with Gasteiger partial charge in [-0.05, 0) is 25.1 Å². The molecule has 0 saturated carbocycles. The van der Waals surface area contributed by atoms with Crippen molar-refractivity contribution in [3.8, 4) is 0 Å². The Morgan fingerprint density at radius 1 is 1.07 bits per heavy atom. The number of nitrogens with zero attached hydrogens (tertiary/aromatic N) is 2. The topological polar surface area (TPSA) is 104 Å². The second kappa shape index (κ2) is 15.1. The van der Waals surface area contributed by atoms with Crippen LogP contribution in [0.3, 0.4) is 0 Å². The molecule has 1 saturated heterocycles. The van der Waals surface area contributed by atoms with Gasteiger partial charge in [-0.15, -0.1) is 0 Å². The van der Waals surface area contributed by atoms with Crippen molar-refractivity contribution in [1.29, 1.82) is 0 Å². The van der Waals surface area contributed by atoms with Crippen molar-refractivity contribution in [3.05, 3.63) is 24.0 Å². The molecule has 0 aliphatic carbocycles. The Morgan fingerprint density at radius 2 is 1.75 bits per heavy atom. The molecule has 1 aliphatic rings. The summed E-state index contributed by atoms with van der Waals surface area (Å²) in [6.07, 6.45) is 8.95. The first-order valence-electron chi connectivity index (χ1n) is 10.2. The average molecular weight is 398 g/mol. The number of hydrogen-bond acceptors (Lipinski definition) is 5. The molecule has 2 rings (SSSR count). The van der Waals surface area contributed by atoms with Gasteiger partial charge in [0.25, 0.3) is 0 Å². The fraction of sp³-hybridized carbons (Fsp3) is 0.700. The van der Waals surface area contributed by atoms with Crippen molar-refractivity contribution in [2.75, 3.05) is 39.4 Å². The van der Waals surface area contributed by atoms with Crippen LogP contribution in [0.25, 0.3) is 0 Å². The summed E-state index contributed by atoms with van der Waals surface area (Å²) in [5.41, 5.74) is 1.40. The maximum atomic E-state index is 9.10. The Labute approximate surface area is 167 Å². The molecule has 1 fully saturated rings. The quantitative estimate of drug-likeness (QED) is 0.388. The average Bonchev–Trinajstić information content (AvgIpc) is 3.14. The zero-order valence-electron chi connectivity index (χ0n) is 16.9. The third-order valence-corrected chi connectivity index (χ3v) is 4.63. The summed E-state index contributed by atoms with van der Waals surface area (Å²) in [6, 6.07) is 4.40. The lowest BCUT2D eigenvalue weighted by atomic mass is 10.1. The first-order chi connectivity index (χ1) is 13.5. The predicted octanol–water partition coefficient (Wildman–Crippen LogP) is 2.04. The maximum absolute atomic E-state index is 9.10. The van der Waals surface area contributed by atoms with E-state index >= 15 is 0 Å². The second-order valence-corrected chi connectivity index (χ2v) is 6.85. The van der Waals surface area contributed by atoms with Gasteiger partial charge >= 0.3 is 11.9 Å². The smallest absolute Gasteiger partial charge is 0.414 e. The van der Waals surface area contributed by atoms with E-state index in [-0.39, 0.29) is 0 Å². The molecule has 0 bridgehead atoms. The fourth-order valence-electron chi connectivity index (χ4n) is 2.97. The summed E-state index contributed by atoms with van der Waals surface area (Å²) in [4.78, 5) is 20.7. The van der Waals surface area contributed by atoms with Crippen LogP contribution in [0.15, 0.2) is 18.3 Å². The number of nitrogens with one attached hydrogen (secondary N) is 1. The zero-order valence-corrected chi connectivity index (χ0v) is 16.9. The van der Waals surface area contributed by atoms with Gasteiger partial charge in [-0.3, -0.25) is 4.90 Å². The summed E-state index contributed by atoms with van der Waals surface area (Å²) < 4.78 is 7.79. The van der Waals surface area contributed by atoms with Crippen LogP contribution >= 0.6 is 0 Å². The standard InChI is InChI=1S/C18H33N3O.C2H2O4/c1-2-3-4-5-6-9-19-17-18-8-7-10-21(18)12-11-20-13-15-22-16-14-20;3-1(4)2(5)6/h7-8,10,19H,2-6,9,11-17H2,1H3;(H,3,4)(H,5,6). The minimum absolute atomic E-state index is 0.887. The molecule has 1 aliphatic heterocycles. The molecule has 8 heteroatoms. The minimum Gasteiger partial charge on any atom is -0.473 e. The molecule has 0 atom stereocenters. The zero-order chi connectivity index (χ0) is 20.6. The van der Waals surface area contributed by atoms with E-state index in [1.54, 1.807) is 0 Å². The number of unbranched alkanes of at least 4 members (excludes halogenated alkanes) is 4. The maximum Gasteiger partial charge on any atom is 0.414 e. The van der Waals surface area contributed by atoms with E-state index in [0.717, 1.165) is 52.5 Å². The second-order valence-electron chi connectivity index (χ2n) is 6.85. The van der Waals surface area contributed by atoms with Gasteiger partial charge in [-0.25, -0.2) is 9.59 Å². The Balaban J connectivity index is 0.000000568. The first-order valence-corrected chi connectivity index (χ1v) is 10.2. The van der Waals surface area contributed by atoms with E-state index in [1.807, 2.05) is 0 Å². The third-order valence-electron chi connectivity index (χ3n) is 4.63. The molecule has 0 unspecified atom stereocenters. The highest BCUT2D eigenvalue weighted by molar-refractivity contribution is 6.27. The molecule has 2 heterocycles. The number of rotatable bonds is 11. The number of carboxylic acid groups (broad SMARTS) is 2. The van der Waals surface area contributed by atoms with Crippen LogP contribution in [0.5, 0.6) is 0 Å². The van der Waals surface area contributed by atoms with Crippen molar-refractivity contribution in [1.82, 2.24) is 14.8 Å². The molecule has 160 valence electrons. The van der Waals surface area contributed by atoms with Gasteiger partial charge in [0.2, 0.25) is 0 Å². The molecule has 8 nitrogen and oxygen atoms in total. The number of ether oxygens (including phenoxy) is 1. The van der Waals surface area contributed by atoms with Gasteiger partial charge in [0.15, 0.2) is 0 Å². The van der Waals surface area contributed by atoms with Gasteiger partial charge in [0, 0.05) is 44.6 Å². The number of aromatic nitrogens is 1. The highest BCUT2D eigenvalue weighted by Crippen LogP contribution is 2.05. The summed E-state index contributed by atoms with van der Waals surface area (Å²) in [6.45, 7) is 10.5. The van der Waals surface area contributed by atoms with Crippen molar-refractivity contribution < 1.29 is 24.5 Å². The van der Waals surface area contributed by atoms with E-state index in [2.05, 4.69) is 40.0 Å². The van der Waals surface area contributed by atoms with E-state index in [4.69, 9.17) is 24.5 Å². The van der Waals surface area contributed by atoms with Crippen molar-refractivity contribution in [2.24, 2.45) is 0 Å². The van der Waals surface area contributed by atoms with Gasteiger partial charge < -0.3 is 24.8 Å². The minimum atomic E-state index is -1.82. The SMILES string of the molecule is CCCCCCCNCc1cccn1CCN1CCOCC1.O=C(O)C(=O)O. The Hall–Kier alpha value is -1.90. The van der Waals surface area contributed by atoms with Crippen LogP contribution < -0.4 is 5.32 Å². The van der Waals surface area contributed by atoms with Gasteiger partial charge in [0.05, 0.1) is 13.2 Å². The first kappa shape index (κ1) is 24.1. The lowest BCUT2D eigenvalue weighted by Crippen LogP contribution is -2.38. The molecular formula is C20H35N3O5. The Kier molecular flexibility index (Phi) is 13.0. The largest absolute Gasteiger partial charge is 0.473 e. The van der Waals surface area contributed by atoms with Gasteiger partial charge in [0.1, 0.15) is 0 Å². The van der Waals surface area contributed by atoms with Crippen LogP contribution in [0.1, 0.15) is 44.7 Å². The Morgan fingerprint density at radius 3 is 2.39 bits per heavy atom. The summed E-state index contributed by atoms with van der Waals surface area (Å²) in [7, 11) is 0. The van der Waals surface area contributed by atoms with Crippen LogP contribution in [-0.4, -0.2) is 71.0 Å². The number of aliphatic carboxylic acids is 2. The van der Waals surface area contributed by atoms with Crippen molar-refractivity contribution in [2.45, 2.75) is 52.1 Å². The van der Waals surface area contributed by atoms with Crippen molar-refractivity contribution in [3.63, 3.8) is 0 Å². The van der Waals surface area contributed by atoms with E-state index in [0.29, 0.717) is 0 Å². The molecular weight excluding hydrogens is 362 g/mol. The number of morpholine rings is 1. The third kappa shape index (κ3) is 11.1. The molecule has 0 amide bonds. The van der Waals surface area contributed by atoms with Crippen LogP contribution in [0.4, 0.5) is 0 Å². The van der Waals surface area contributed by atoms with E-state index in [9.17, 15) is 0 Å². The molecule has 0 spiro atoms. The molecule has 1 aromatic heterocycles. The summed E-state index contributed by atoms with van der Waals surface area (Å²) >= 11 is 0. The van der Waals surface area contributed by atoms with E-state index < -0.39 is 11.9 Å². The van der Waals surface area contributed by atoms with Gasteiger partial charge in [-0.1, -0.05) is 32.6 Å². The highest BCUT2D eigenvalue weighted by atomic mass is 16.5. The van der Waals surface area contributed by atoms with Crippen LogP contribution in [-0.2, 0) is 27.4 Å². The molecule has 0 radical (unpaired) electrons. The molecule has 28 heavy (non-hydrogen) atoms. The van der Waals surface area contributed by atoms with Crippen LogP contribution in [0, 0.1) is 0 Å².